The second-order valence-corrected chi connectivity index (χ2v) is 7.03. The molecule has 2 N–H and O–H groups in total. The number of nitrogens with zero attached hydrogens (tertiary/aromatic N) is 1. The number of nitrogens with one attached hydrogen (secondary N) is 1. The minimum atomic E-state index is -0.123. The summed E-state index contributed by atoms with van der Waals surface area (Å²) in [6.07, 6.45) is 4.81. The molecule has 0 fully saturated rings. The van der Waals surface area contributed by atoms with Crippen molar-refractivity contribution in [3.8, 4) is 5.75 Å². The van der Waals surface area contributed by atoms with Gasteiger partial charge in [-0.15, -0.1) is 11.3 Å². The van der Waals surface area contributed by atoms with Crippen molar-refractivity contribution in [3.05, 3.63) is 56.4 Å². The fourth-order valence-electron chi connectivity index (χ4n) is 2.90. The molecule has 1 aliphatic rings. The molecule has 0 amide bonds. The van der Waals surface area contributed by atoms with Crippen LogP contribution in [0.1, 0.15) is 28.2 Å². The third-order valence-corrected chi connectivity index (χ3v) is 5.46. The normalized spacial score (nSPS) is 14.4. The molecule has 1 aromatic carbocycles. The van der Waals surface area contributed by atoms with E-state index in [9.17, 15) is 9.90 Å². The Morgan fingerprint density at radius 3 is 2.87 bits per heavy atom. The van der Waals surface area contributed by atoms with E-state index in [1.165, 1.54) is 4.88 Å². The number of thiophene rings is 1. The molecule has 2 aromatic heterocycles. The molecule has 0 spiro atoms. The topological polar surface area (TPSA) is 66.0 Å². The van der Waals surface area contributed by atoms with Gasteiger partial charge in [0.15, 0.2) is 5.82 Å². The molecule has 0 bridgehead atoms. The number of aromatic amines is 1. The lowest BCUT2D eigenvalue weighted by Gasteiger charge is -2.01. The van der Waals surface area contributed by atoms with Crippen molar-refractivity contribution in [1.29, 1.82) is 0 Å². The quantitative estimate of drug-likeness (QED) is 0.740. The van der Waals surface area contributed by atoms with E-state index < -0.39 is 0 Å². The number of fused-ring (bicyclic) bond motifs is 3. The number of aromatic hydroxyl groups is 1. The predicted molar refractivity (Wildman–Crippen MR) is 94.1 cm³/mol. The Kier molecular flexibility index (Phi) is 3.47. The summed E-state index contributed by atoms with van der Waals surface area (Å²) in [5.41, 5.74) is 1.86. The second-order valence-electron chi connectivity index (χ2n) is 5.54. The van der Waals surface area contributed by atoms with Crippen LogP contribution in [0.4, 0.5) is 0 Å². The van der Waals surface area contributed by atoms with E-state index in [-0.39, 0.29) is 11.3 Å². The van der Waals surface area contributed by atoms with Crippen molar-refractivity contribution in [3.63, 3.8) is 0 Å². The summed E-state index contributed by atoms with van der Waals surface area (Å²) < 4.78 is 0. The number of benzene rings is 1. The van der Waals surface area contributed by atoms with E-state index in [2.05, 4.69) is 9.97 Å². The number of H-pyrrole nitrogens is 1. The Labute approximate surface area is 141 Å². The molecule has 0 saturated heterocycles. The molecule has 1 aliphatic carbocycles. The maximum atomic E-state index is 12.4. The number of hydrogen-bond donors (Lipinski definition) is 2. The summed E-state index contributed by atoms with van der Waals surface area (Å²) >= 11 is 7.91. The highest BCUT2D eigenvalue weighted by atomic mass is 35.5. The fourth-order valence-corrected chi connectivity index (χ4v) is 4.38. The number of rotatable bonds is 2. The molecule has 2 heterocycles. The Balaban J connectivity index is 1.80. The Morgan fingerprint density at radius 1 is 1.30 bits per heavy atom. The van der Waals surface area contributed by atoms with Gasteiger partial charge in [-0.3, -0.25) is 4.79 Å². The van der Waals surface area contributed by atoms with Crippen LogP contribution in [0, 0.1) is 0 Å². The number of halogens is 1. The second kappa shape index (κ2) is 5.51. The number of phenolic OH excluding ortho intramolecular Hbond substituents is 1. The minimum absolute atomic E-state index is 0.123. The van der Waals surface area contributed by atoms with Gasteiger partial charge < -0.3 is 10.1 Å². The van der Waals surface area contributed by atoms with Gasteiger partial charge in [0.05, 0.1) is 10.4 Å². The smallest absolute Gasteiger partial charge is 0.260 e. The van der Waals surface area contributed by atoms with E-state index >= 15 is 0 Å². The monoisotopic (exact) mass is 344 g/mol. The van der Waals surface area contributed by atoms with Gasteiger partial charge in [0.2, 0.25) is 0 Å². The van der Waals surface area contributed by atoms with E-state index in [1.807, 2.05) is 0 Å². The van der Waals surface area contributed by atoms with Crippen LogP contribution < -0.4 is 5.56 Å². The Hall–Kier alpha value is -2.11. The standard InChI is InChI=1S/C17H13ClN2O2S/c18-12(8-9-4-6-10(21)7-5-9)15-19-16(22)14-11-2-1-3-13(11)23-17(14)20-15/h4-8,21H,1-3H2,(H,19,20,22)/b12-8-. The summed E-state index contributed by atoms with van der Waals surface area (Å²) in [5.74, 6) is 0.566. The van der Waals surface area contributed by atoms with Crippen LogP contribution in [0.3, 0.4) is 0 Å². The average molecular weight is 345 g/mol. The van der Waals surface area contributed by atoms with Crippen molar-refractivity contribution in [2.24, 2.45) is 0 Å². The molecule has 0 unspecified atom stereocenters. The highest BCUT2D eigenvalue weighted by Gasteiger charge is 2.21. The molecule has 23 heavy (non-hydrogen) atoms. The van der Waals surface area contributed by atoms with Crippen molar-refractivity contribution in [2.45, 2.75) is 19.3 Å². The fraction of sp³-hybridized carbons (Fsp3) is 0.176. The lowest BCUT2D eigenvalue weighted by Crippen LogP contribution is -2.10. The van der Waals surface area contributed by atoms with Gasteiger partial charge in [-0.2, -0.15) is 0 Å². The van der Waals surface area contributed by atoms with Gasteiger partial charge in [-0.05, 0) is 48.6 Å². The summed E-state index contributed by atoms with van der Waals surface area (Å²) in [6, 6.07) is 6.65. The van der Waals surface area contributed by atoms with Crippen LogP contribution in [-0.4, -0.2) is 15.1 Å². The zero-order valence-corrected chi connectivity index (χ0v) is 13.7. The highest BCUT2D eigenvalue weighted by Crippen LogP contribution is 2.35. The first-order chi connectivity index (χ1) is 11.1. The molecule has 0 saturated carbocycles. The van der Waals surface area contributed by atoms with Gasteiger partial charge in [-0.25, -0.2) is 4.98 Å². The molecule has 0 radical (unpaired) electrons. The van der Waals surface area contributed by atoms with E-state index in [0.29, 0.717) is 10.9 Å². The summed E-state index contributed by atoms with van der Waals surface area (Å²) in [4.78, 5) is 21.8. The SMILES string of the molecule is O=c1[nH]c(/C(Cl)=C/c2ccc(O)cc2)nc2sc3c(c12)CCC3. The van der Waals surface area contributed by atoms with Gasteiger partial charge in [0.25, 0.3) is 5.56 Å². The first kappa shape index (κ1) is 14.5. The maximum absolute atomic E-state index is 12.4. The number of aryl methyl sites for hydroxylation is 2. The average Bonchev–Trinajstić information content (AvgIpc) is 3.09. The summed E-state index contributed by atoms with van der Waals surface area (Å²) in [7, 11) is 0. The van der Waals surface area contributed by atoms with Gasteiger partial charge in [-0.1, -0.05) is 23.7 Å². The largest absolute Gasteiger partial charge is 0.508 e. The zero-order valence-electron chi connectivity index (χ0n) is 12.1. The molecular formula is C17H13ClN2O2S. The van der Waals surface area contributed by atoms with Crippen LogP contribution >= 0.6 is 22.9 Å². The number of aromatic nitrogens is 2. The van der Waals surface area contributed by atoms with Crippen LogP contribution in [0.2, 0.25) is 0 Å². The van der Waals surface area contributed by atoms with Crippen molar-refractivity contribution < 1.29 is 5.11 Å². The minimum Gasteiger partial charge on any atom is -0.508 e. The van der Waals surface area contributed by atoms with Crippen molar-refractivity contribution >= 4 is 44.3 Å². The predicted octanol–water partition coefficient (Wildman–Crippen LogP) is 3.92. The Bertz CT molecular complexity index is 986. The maximum Gasteiger partial charge on any atom is 0.260 e. The van der Waals surface area contributed by atoms with Crippen molar-refractivity contribution in [2.75, 3.05) is 0 Å². The highest BCUT2D eigenvalue weighted by molar-refractivity contribution is 7.18. The number of phenols is 1. The van der Waals surface area contributed by atoms with Crippen molar-refractivity contribution in [1.82, 2.24) is 9.97 Å². The molecule has 4 nitrogen and oxygen atoms in total. The summed E-state index contributed by atoms with van der Waals surface area (Å²) in [6.45, 7) is 0. The van der Waals surface area contributed by atoms with Crippen LogP contribution in [-0.2, 0) is 12.8 Å². The Morgan fingerprint density at radius 2 is 2.09 bits per heavy atom. The zero-order chi connectivity index (χ0) is 16.0. The molecule has 3 aromatic rings. The summed E-state index contributed by atoms with van der Waals surface area (Å²) in [5, 5.41) is 10.4. The first-order valence-corrected chi connectivity index (χ1v) is 8.52. The number of hydrogen-bond acceptors (Lipinski definition) is 4. The lowest BCUT2D eigenvalue weighted by atomic mass is 10.2. The van der Waals surface area contributed by atoms with Gasteiger partial charge in [0, 0.05) is 4.88 Å². The molecule has 116 valence electrons. The molecular weight excluding hydrogens is 332 g/mol. The van der Waals surface area contributed by atoms with E-state index in [1.54, 1.807) is 41.7 Å². The third kappa shape index (κ3) is 2.56. The molecule has 4 rings (SSSR count). The van der Waals surface area contributed by atoms with E-state index in [0.717, 1.165) is 40.6 Å². The van der Waals surface area contributed by atoms with Crippen LogP contribution in [0.15, 0.2) is 29.1 Å². The van der Waals surface area contributed by atoms with E-state index in [4.69, 9.17) is 11.6 Å². The third-order valence-electron chi connectivity index (χ3n) is 3.99. The van der Waals surface area contributed by atoms with Gasteiger partial charge in [0.1, 0.15) is 10.6 Å². The van der Waals surface area contributed by atoms with Crippen LogP contribution in [0.5, 0.6) is 5.75 Å². The molecule has 0 aliphatic heterocycles. The molecule has 6 heteroatoms. The van der Waals surface area contributed by atoms with Gasteiger partial charge >= 0.3 is 0 Å². The first-order valence-electron chi connectivity index (χ1n) is 7.33. The molecule has 0 atom stereocenters. The van der Waals surface area contributed by atoms with Crippen LogP contribution in [0.25, 0.3) is 21.3 Å². The lowest BCUT2D eigenvalue weighted by molar-refractivity contribution is 0.475.